The number of carbonyl (C=O) groups is 1. The van der Waals surface area contributed by atoms with Crippen molar-refractivity contribution in [2.75, 3.05) is 6.61 Å². The molecule has 0 unspecified atom stereocenters. The van der Waals surface area contributed by atoms with Gasteiger partial charge in [0.1, 0.15) is 6.29 Å². The normalized spacial score (nSPS) is 23.9. The molecule has 4 nitrogen and oxygen atoms in total. The molecule has 142 valence electrons. The van der Waals surface area contributed by atoms with Crippen molar-refractivity contribution in [1.82, 2.24) is 0 Å². The number of carbonyl (C=O) groups excluding carboxylic acids is 1. The van der Waals surface area contributed by atoms with Crippen LogP contribution < -0.4 is 0 Å². The Morgan fingerprint density at radius 2 is 1.58 bits per heavy atom. The number of aldehydes is 1. The monoisotopic (exact) mass is 358 g/mol. The van der Waals surface area contributed by atoms with Crippen molar-refractivity contribution in [2.45, 2.75) is 103 Å². The minimum absolute atomic E-state index is 0.0249. The smallest absolute Gasteiger partial charge is 0.200 e. The third kappa shape index (κ3) is 4.68. The van der Waals surface area contributed by atoms with Crippen molar-refractivity contribution in [3.05, 3.63) is 0 Å². The van der Waals surface area contributed by atoms with E-state index in [0.29, 0.717) is 29.7 Å². The van der Waals surface area contributed by atoms with Gasteiger partial charge in [-0.2, -0.15) is 0 Å². The van der Waals surface area contributed by atoms with E-state index < -0.39 is 14.1 Å². The van der Waals surface area contributed by atoms with Gasteiger partial charge in [0, 0.05) is 12.3 Å². The average Bonchev–Trinajstić information content (AvgIpc) is 2.81. The van der Waals surface area contributed by atoms with Crippen molar-refractivity contribution in [3.8, 4) is 0 Å². The molecule has 24 heavy (non-hydrogen) atoms. The molecule has 5 heteroatoms. The van der Waals surface area contributed by atoms with Crippen LogP contribution in [0.3, 0.4) is 0 Å². The number of ether oxygens (including phenoxy) is 2. The second-order valence-corrected chi connectivity index (χ2v) is 14.0. The van der Waals surface area contributed by atoms with E-state index in [-0.39, 0.29) is 18.1 Å². The molecule has 1 aliphatic heterocycles. The average molecular weight is 359 g/mol. The van der Waals surface area contributed by atoms with Gasteiger partial charge in [0.2, 0.25) is 8.32 Å². The zero-order valence-electron chi connectivity index (χ0n) is 17.1. The van der Waals surface area contributed by atoms with Crippen molar-refractivity contribution in [1.29, 1.82) is 0 Å². The highest BCUT2D eigenvalue weighted by Crippen LogP contribution is 2.44. The lowest BCUT2D eigenvalue weighted by molar-refractivity contribution is -0.148. The summed E-state index contributed by atoms with van der Waals surface area (Å²) in [4.78, 5) is 11.3. The fourth-order valence-corrected chi connectivity index (χ4v) is 10.0. The van der Waals surface area contributed by atoms with Crippen LogP contribution >= 0.6 is 0 Å². The van der Waals surface area contributed by atoms with Crippen LogP contribution in [0.1, 0.15) is 68.7 Å². The van der Waals surface area contributed by atoms with Crippen molar-refractivity contribution in [3.63, 3.8) is 0 Å². The van der Waals surface area contributed by atoms with E-state index >= 15 is 0 Å². The third-order valence-electron chi connectivity index (χ3n) is 5.59. The molecule has 0 aliphatic carbocycles. The molecule has 1 aliphatic rings. The molecule has 1 fully saturated rings. The summed E-state index contributed by atoms with van der Waals surface area (Å²) in [7, 11) is -2.03. The third-order valence-corrected chi connectivity index (χ3v) is 11.7. The van der Waals surface area contributed by atoms with Crippen LogP contribution in [0.15, 0.2) is 0 Å². The lowest BCUT2D eigenvalue weighted by atomic mass is 9.96. The Bertz CT molecular complexity index is 384. The summed E-state index contributed by atoms with van der Waals surface area (Å²) in [6, 6.07) is 0. The van der Waals surface area contributed by atoms with Crippen molar-refractivity contribution >= 4 is 14.6 Å². The summed E-state index contributed by atoms with van der Waals surface area (Å²) >= 11 is 0. The second-order valence-electron chi connectivity index (χ2n) is 8.60. The van der Waals surface area contributed by atoms with E-state index in [0.717, 1.165) is 6.29 Å². The van der Waals surface area contributed by atoms with Crippen LogP contribution in [-0.2, 0) is 18.7 Å². The lowest BCUT2D eigenvalue weighted by Crippen LogP contribution is -2.52. The van der Waals surface area contributed by atoms with Crippen LogP contribution in [0, 0.1) is 5.92 Å². The van der Waals surface area contributed by atoms with Crippen molar-refractivity contribution < 1.29 is 18.7 Å². The van der Waals surface area contributed by atoms with Gasteiger partial charge in [-0.1, -0.05) is 48.5 Å². The Balaban J connectivity index is 3.03. The second kappa shape index (κ2) is 8.43. The van der Waals surface area contributed by atoms with E-state index in [1.54, 1.807) is 0 Å². The van der Waals surface area contributed by atoms with Gasteiger partial charge in [-0.05, 0) is 30.5 Å². The summed E-state index contributed by atoms with van der Waals surface area (Å²) in [5, 5.41) is 0. The molecule has 0 aromatic rings. The Morgan fingerprint density at radius 1 is 1.08 bits per heavy atom. The van der Waals surface area contributed by atoms with Crippen molar-refractivity contribution in [2.24, 2.45) is 5.92 Å². The summed E-state index contributed by atoms with van der Waals surface area (Å²) < 4.78 is 18.6. The molecule has 0 bridgehead atoms. The van der Waals surface area contributed by atoms with Gasteiger partial charge < -0.3 is 18.7 Å². The van der Waals surface area contributed by atoms with Crippen LogP contribution in [0.2, 0.25) is 16.6 Å². The van der Waals surface area contributed by atoms with Crippen LogP contribution in [0.5, 0.6) is 0 Å². The first-order valence-corrected chi connectivity index (χ1v) is 11.5. The molecule has 0 saturated carbocycles. The Kier molecular flexibility index (Phi) is 7.66. The molecular formula is C19H38O4Si. The van der Waals surface area contributed by atoms with Crippen LogP contribution in [0.4, 0.5) is 0 Å². The van der Waals surface area contributed by atoms with Gasteiger partial charge in [-0.15, -0.1) is 0 Å². The maximum atomic E-state index is 11.3. The molecule has 1 saturated heterocycles. The van der Waals surface area contributed by atoms with Crippen LogP contribution in [0.25, 0.3) is 0 Å². The molecule has 0 aromatic carbocycles. The first-order chi connectivity index (χ1) is 11.0. The topological polar surface area (TPSA) is 44.8 Å². The molecular weight excluding hydrogens is 320 g/mol. The Morgan fingerprint density at radius 3 is 1.92 bits per heavy atom. The van der Waals surface area contributed by atoms with E-state index in [9.17, 15) is 4.79 Å². The maximum absolute atomic E-state index is 11.3. The maximum Gasteiger partial charge on any atom is 0.200 e. The fourth-order valence-electron chi connectivity index (χ4n) is 4.35. The molecule has 0 aromatic heterocycles. The standard InChI is InChI=1S/C19H38O4Si/c1-13(2)24(14(3)4,15(5)6)23-17(10-11-20)16(7)18-12-21-19(8,9)22-18/h11,13-18H,10,12H2,1-9H3/t16-,17+,18-/m1/s1. The number of hydrogen-bond donors (Lipinski definition) is 0. The summed E-state index contributed by atoms with van der Waals surface area (Å²) in [6.45, 7) is 20.2. The van der Waals surface area contributed by atoms with E-state index in [1.165, 1.54) is 0 Å². The number of rotatable bonds is 9. The quantitative estimate of drug-likeness (QED) is 0.433. The first-order valence-electron chi connectivity index (χ1n) is 9.41. The van der Waals surface area contributed by atoms with Gasteiger partial charge in [0.25, 0.3) is 0 Å². The Labute approximate surface area is 149 Å². The highest BCUT2D eigenvalue weighted by molar-refractivity contribution is 6.77. The van der Waals surface area contributed by atoms with Gasteiger partial charge in [0.15, 0.2) is 5.79 Å². The van der Waals surface area contributed by atoms with Gasteiger partial charge >= 0.3 is 0 Å². The predicted molar refractivity (Wildman–Crippen MR) is 101 cm³/mol. The minimum Gasteiger partial charge on any atom is -0.412 e. The van der Waals surface area contributed by atoms with Gasteiger partial charge in [-0.25, -0.2) is 0 Å². The molecule has 0 N–H and O–H groups in total. The zero-order chi connectivity index (χ0) is 18.7. The molecule has 0 spiro atoms. The SMILES string of the molecule is CC(C)[Si](O[C@@H](CC=O)[C@@H](C)[C@H]1COC(C)(C)O1)(C(C)C)C(C)C. The lowest BCUT2D eigenvalue weighted by Gasteiger charge is -2.46. The minimum atomic E-state index is -2.03. The molecule has 0 radical (unpaired) electrons. The summed E-state index contributed by atoms with van der Waals surface area (Å²) in [6.07, 6.45) is 1.27. The highest BCUT2D eigenvalue weighted by atomic mass is 28.4. The highest BCUT2D eigenvalue weighted by Gasteiger charge is 2.48. The molecule has 1 heterocycles. The molecule has 3 atom stereocenters. The Hall–Kier alpha value is -0.233. The van der Waals surface area contributed by atoms with E-state index in [1.807, 2.05) is 13.8 Å². The van der Waals surface area contributed by atoms with E-state index in [4.69, 9.17) is 13.9 Å². The summed E-state index contributed by atoms with van der Waals surface area (Å²) in [5.41, 5.74) is 1.49. The zero-order valence-corrected chi connectivity index (χ0v) is 18.1. The molecule has 0 amide bonds. The predicted octanol–water partition coefficient (Wildman–Crippen LogP) is 4.92. The van der Waals surface area contributed by atoms with Gasteiger partial charge in [-0.3, -0.25) is 0 Å². The number of hydrogen-bond acceptors (Lipinski definition) is 4. The van der Waals surface area contributed by atoms with Gasteiger partial charge in [0.05, 0.1) is 18.8 Å². The molecule has 1 rings (SSSR count). The fraction of sp³-hybridized carbons (Fsp3) is 0.947. The largest absolute Gasteiger partial charge is 0.412 e. The summed E-state index contributed by atoms with van der Waals surface area (Å²) in [5.74, 6) is -0.423. The first kappa shape index (κ1) is 21.8. The van der Waals surface area contributed by atoms with E-state index in [2.05, 4.69) is 48.5 Å². The van der Waals surface area contributed by atoms with Crippen LogP contribution in [-0.4, -0.2) is 39.2 Å².